The first-order valence-electron chi connectivity index (χ1n) is 5.68. The molecular formula is C12H15ClN2O2. The Morgan fingerprint density at radius 1 is 1.59 bits per heavy atom. The van der Waals surface area contributed by atoms with Crippen LogP contribution < -0.4 is 5.73 Å². The molecule has 0 bridgehead atoms. The van der Waals surface area contributed by atoms with Gasteiger partial charge in [-0.15, -0.1) is 0 Å². The minimum Gasteiger partial charge on any atom is -0.327 e. The van der Waals surface area contributed by atoms with Crippen molar-refractivity contribution in [3.8, 4) is 0 Å². The standard InChI is InChI=1S/C12H15ClN2O2/c1-7-4-12(15(16)17)10(13)5-9(7)6-11(14)8-2-3-8/h4-5,8,11H,2-3,6,14H2,1H3. The molecule has 1 saturated carbocycles. The maximum Gasteiger partial charge on any atom is 0.288 e. The monoisotopic (exact) mass is 254 g/mol. The van der Waals surface area contributed by atoms with Gasteiger partial charge >= 0.3 is 0 Å². The van der Waals surface area contributed by atoms with Crippen molar-refractivity contribution in [2.24, 2.45) is 11.7 Å². The van der Waals surface area contributed by atoms with Crippen molar-refractivity contribution < 1.29 is 4.92 Å². The number of benzene rings is 1. The van der Waals surface area contributed by atoms with Crippen LogP contribution in [0.25, 0.3) is 0 Å². The SMILES string of the molecule is Cc1cc([N+](=O)[O-])c(Cl)cc1CC(N)C1CC1. The van der Waals surface area contributed by atoms with Crippen molar-refractivity contribution in [3.63, 3.8) is 0 Å². The number of hydrogen-bond donors (Lipinski definition) is 1. The molecule has 4 nitrogen and oxygen atoms in total. The van der Waals surface area contributed by atoms with E-state index in [2.05, 4.69) is 0 Å². The van der Waals surface area contributed by atoms with Gasteiger partial charge in [0.05, 0.1) is 4.92 Å². The lowest BCUT2D eigenvalue weighted by Crippen LogP contribution is -2.25. The molecular weight excluding hydrogens is 240 g/mol. The number of nitrogens with zero attached hydrogens (tertiary/aromatic N) is 1. The van der Waals surface area contributed by atoms with Crippen LogP contribution in [-0.2, 0) is 6.42 Å². The van der Waals surface area contributed by atoms with Crippen LogP contribution >= 0.6 is 11.6 Å². The molecule has 0 saturated heterocycles. The maximum absolute atomic E-state index is 10.7. The molecule has 1 fully saturated rings. The number of nitro groups is 1. The van der Waals surface area contributed by atoms with Crippen LogP contribution in [0.4, 0.5) is 5.69 Å². The zero-order chi connectivity index (χ0) is 12.6. The van der Waals surface area contributed by atoms with Gasteiger partial charge in [-0.3, -0.25) is 10.1 Å². The van der Waals surface area contributed by atoms with Crippen molar-refractivity contribution >= 4 is 17.3 Å². The van der Waals surface area contributed by atoms with Crippen molar-refractivity contribution in [1.29, 1.82) is 0 Å². The van der Waals surface area contributed by atoms with Gasteiger partial charge in [-0.2, -0.15) is 0 Å². The third kappa shape index (κ3) is 2.76. The predicted octanol–water partition coefficient (Wildman–Crippen LogP) is 2.84. The molecule has 0 aromatic heterocycles. The third-order valence-electron chi connectivity index (χ3n) is 3.29. The van der Waals surface area contributed by atoms with Crippen LogP contribution in [0.1, 0.15) is 24.0 Å². The number of hydrogen-bond acceptors (Lipinski definition) is 3. The third-order valence-corrected chi connectivity index (χ3v) is 3.59. The average Bonchev–Trinajstić information content (AvgIpc) is 3.05. The van der Waals surface area contributed by atoms with Gasteiger partial charge in [0, 0.05) is 12.1 Å². The largest absolute Gasteiger partial charge is 0.327 e. The molecule has 1 unspecified atom stereocenters. The molecule has 1 aliphatic rings. The molecule has 1 aromatic rings. The maximum atomic E-state index is 10.7. The number of nitro benzene ring substituents is 1. The van der Waals surface area contributed by atoms with Gasteiger partial charge in [-0.25, -0.2) is 0 Å². The molecule has 1 aliphatic carbocycles. The van der Waals surface area contributed by atoms with Gasteiger partial charge in [0.2, 0.25) is 0 Å². The summed E-state index contributed by atoms with van der Waals surface area (Å²) in [6.07, 6.45) is 3.13. The molecule has 1 aromatic carbocycles. The van der Waals surface area contributed by atoms with Gasteiger partial charge in [0.25, 0.3) is 5.69 Å². The summed E-state index contributed by atoms with van der Waals surface area (Å²) in [5.41, 5.74) is 7.92. The number of rotatable bonds is 4. The minimum absolute atomic E-state index is 0.0343. The fourth-order valence-electron chi connectivity index (χ4n) is 2.01. The smallest absolute Gasteiger partial charge is 0.288 e. The number of aryl methyl sites for hydroxylation is 1. The average molecular weight is 255 g/mol. The lowest BCUT2D eigenvalue weighted by atomic mass is 9.98. The van der Waals surface area contributed by atoms with Gasteiger partial charge in [-0.05, 0) is 49.3 Å². The summed E-state index contributed by atoms with van der Waals surface area (Å²) >= 11 is 5.89. The van der Waals surface area contributed by atoms with Gasteiger partial charge in [0.15, 0.2) is 0 Å². The van der Waals surface area contributed by atoms with E-state index >= 15 is 0 Å². The number of nitrogens with two attached hydrogens (primary N) is 1. The highest BCUT2D eigenvalue weighted by molar-refractivity contribution is 6.32. The molecule has 2 N–H and O–H groups in total. The summed E-state index contributed by atoms with van der Waals surface area (Å²) in [5, 5.41) is 10.9. The Morgan fingerprint density at radius 3 is 2.76 bits per heavy atom. The molecule has 1 atom stereocenters. The van der Waals surface area contributed by atoms with E-state index < -0.39 is 4.92 Å². The Labute approximate surface area is 105 Å². The van der Waals surface area contributed by atoms with Crippen LogP contribution in [0.2, 0.25) is 5.02 Å². The lowest BCUT2D eigenvalue weighted by Gasteiger charge is -2.12. The van der Waals surface area contributed by atoms with E-state index in [-0.39, 0.29) is 16.8 Å². The second kappa shape index (κ2) is 4.63. The fourth-order valence-corrected chi connectivity index (χ4v) is 2.27. The summed E-state index contributed by atoms with van der Waals surface area (Å²) in [6, 6.07) is 3.35. The highest BCUT2D eigenvalue weighted by Gasteiger charge is 2.29. The molecule has 0 radical (unpaired) electrons. The highest BCUT2D eigenvalue weighted by Crippen LogP contribution is 2.34. The van der Waals surface area contributed by atoms with Crippen LogP contribution in [-0.4, -0.2) is 11.0 Å². The first-order chi connectivity index (χ1) is 7.99. The van der Waals surface area contributed by atoms with Crippen molar-refractivity contribution in [3.05, 3.63) is 38.4 Å². The molecule has 2 rings (SSSR count). The van der Waals surface area contributed by atoms with E-state index in [1.54, 1.807) is 6.07 Å². The van der Waals surface area contributed by atoms with E-state index in [0.717, 1.165) is 17.5 Å². The zero-order valence-electron chi connectivity index (χ0n) is 9.65. The summed E-state index contributed by atoms with van der Waals surface area (Å²) in [6.45, 7) is 1.86. The molecule has 0 amide bonds. The van der Waals surface area contributed by atoms with E-state index in [4.69, 9.17) is 17.3 Å². The molecule has 0 spiro atoms. The highest BCUT2D eigenvalue weighted by atomic mass is 35.5. The van der Waals surface area contributed by atoms with Crippen molar-refractivity contribution in [1.82, 2.24) is 0 Å². The van der Waals surface area contributed by atoms with E-state index in [1.165, 1.54) is 18.9 Å². The van der Waals surface area contributed by atoms with E-state index in [9.17, 15) is 10.1 Å². The Bertz CT molecular complexity index is 458. The Hall–Kier alpha value is -1.13. The number of halogens is 1. The Balaban J connectivity index is 2.22. The predicted molar refractivity (Wildman–Crippen MR) is 67.2 cm³/mol. The second-order valence-corrected chi connectivity index (χ2v) is 5.10. The summed E-state index contributed by atoms with van der Waals surface area (Å²) in [4.78, 5) is 10.3. The first-order valence-corrected chi connectivity index (χ1v) is 6.06. The fraction of sp³-hybridized carbons (Fsp3) is 0.500. The van der Waals surface area contributed by atoms with Gasteiger partial charge in [-0.1, -0.05) is 11.6 Å². The van der Waals surface area contributed by atoms with Crippen molar-refractivity contribution in [2.45, 2.75) is 32.2 Å². The molecule has 0 heterocycles. The molecule has 0 aliphatic heterocycles. The second-order valence-electron chi connectivity index (χ2n) is 4.69. The quantitative estimate of drug-likeness (QED) is 0.663. The molecule has 17 heavy (non-hydrogen) atoms. The normalized spacial score (nSPS) is 16.9. The zero-order valence-corrected chi connectivity index (χ0v) is 10.4. The van der Waals surface area contributed by atoms with Crippen LogP contribution in [0.15, 0.2) is 12.1 Å². The van der Waals surface area contributed by atoms with E-state index in [0.29, 0.717) is 5.92 Å². The van der Waals surface area contributed by atoms with Gasteiger partial charge in [0.1, 0.15) is 5.02 Å². The van der Waals surface area contributed by atoms with Gasteiger partial charge < -0.3 is 5.73 Å². The van der Waals surface area contributed by atoms with Crippen LogP contribution in [0.5, 0.6) is 0 Å². The van der Waals surface area contributed by atoms with E-state index in [1.807, 2.05) is 6.92 Å². The minimum atomic E-state index is -0.458. The molecule has 5 heteroatoms. The van der Waals surface area contributed by atoms with Crippen molar-refractivity contribution in [2.75, 3.05) is 0 Å². The van der Waals surface area contributed by atoms with Crippen LogP contribution in [0.3, 0.4) is 0 Å². The first kappa shape index (κ1) is 12.3. The molecule has 92 valence electrons. The lowest BCUT2D eigenvalue weighted by molar-refractivity contribution is -0.384. The topological polar surface area (TPSA) is 69.2 Å². The Morgan fingerprint density at radius 2 is 2.24 bits per heavy atom. The summed E-state index contributed by atoms with van der Waals surface area (Å²) in [7, 11) is 0. The Kier molecular flexibility index (Phi) is 3.35. The van der Waals surface area contributed by atoms with Crippen LogP contribution in [0, 0.1) is 23.0 Å². The summed E-state index contributed by atoms with van der Waals surface area (Å²) < 4.78 is 0. The summed E-state index contributed by atoms with van der Waals surface area (Å²) in [5.74, 6) is 0.614.